The summed E-state index contributed by atoms with van der Waals surface area (Å²) < 4.78 is 26.1. The predicted octanol–water partition coefficient (Wildman–Crippen LogP) is 6.98. The van der Waals surface area contributed by atoms with E-state index in [1.807, 2.05) is 50.2 Å². The van der Waals surface area contributed by atoms with Crippen molar-refractivity contribution in [3.63, 3.8) is 0 Å². The molecule has 3 aromatic carbocycles. The van der Waals surface area contributed by atoms with Crippen LogP contribution < -0.4 is 14.8 Å². The Balaban J connectivity index is 1.75. The Morgan fingerprint density at radius 1 is 1.03 bits per heavy atom. The number of anilines is 1. The molecule has 0 atom stereocenters. The van der Waals surface area contributed by atoms with Crippen LogP contribution >= 0.6 is 34.2 Å². The molecule has 0 saturated heterocycles. The fraction of sp³-hybridized carbons (Fsp3) is 0.217. The van der Waals surface area contributed by atoms with Crippen molar-refractivity contribution in [1.82, 2.24) is 0 Å². The van der Waals surface area contributed by atoms with Gasteiger partial charge in [-0.25, -0.2) is 4.39 Å². The zero-order valence-electron chi connectivity index (χ0n) is 16.3. The van der Waals surface area contributed by atoms with Gasteiger partial charge in [0.05, 0.1) is 10.2 Å². The second-order valence-electron chi connectivity index (χ2n) is 6.57. The lowest BCUT2D eigenvalue weighted by atomic mass is 10.1. The maximum atomic E-state index is 13.4. The highest BCUT2D eigenvalue weighted by Gasteiger charge is 2.13. The molecule has 0 aliphatic carbocycles. The summed E-state index contributed by atoms with van der Waals surface area (Å²) in [5.41, 5.74) is 3.84. The van der Waals surface area contributed by atoms with Crippen LogP contribution in [0.25, 0.3) is 0 Å². The Bertz CT molecular complexity index is 997. The topological polar surface area (TPSA) is 30.5 Å². The lowest BCUT2D eigenvalue weighted by Crippen LogP contribution is -2.05. The van der Waals surface area contributed by atoms with Crippen LogP contribution in [-0.2, 0) is 13.2 Å². The highest BCUT2D eigenvalue weighted by atomic mass is 127. The van der Waals surface area contributed by atoms with E-state index in [1.165, 1.54) is 12.1 Å². The number of hydrogen-bond acceptors (Lipinski definition) is 3. The van der Waals surface area contributed by atoms with E-state index >= 15 is 0 Å². The molecule has 3 rings (SSSR count). The number of nitrogens with one attached hydrogen (secondary N) is 1. The smallest absolute Gasteiger partial charge is 0.174 e. The molecule has 0 bridgehead atoms. The van der Waals surface area contributed by atoms with Crippen LogP contribution in [0.2, 0.25) is 5.02 Å². The van der Waals surface area contributed by atoms with Gasteiger partial charge in [-0.05, 0) is 89.5 Å². The fourth-order valence-corrected chi connectivity index (χ4v) is 3.82. The quantitative estimate of drug-likeness (QED) is 0.322. The second-order valence-corrected chi connectivity index (χ2v) is 8.14. The Morgan fingerprint density at radius 3 is 2.59 bits per heavy atom. The van der Waals surface area contributed by atoms with Crippen molar-refractivity contribution < 1.29 is 13.9 Å². The monoisotopic (exact) mass is 525 g/mol. The minimum atomic E-state index is -0.275. The molecule has 6 heteroatoms. The van der Waals surface area contributed by atoms with E-state index in [4.69, 9.17) is 21.1 Å². The second kappa shape index (κ2) is 10.2. The van der Waals surface area contributed by atoms with Crippen molar-refractivity contribution in [1.29, 1.82) is 0 Å². The summed E-state index contributed by atoms with van der Waals surface area (Å²) in [5.74, 6) is 1.07. The molecule has 1 N–H and O–H groups in total. The molecule has 29 heavy (non-hydrogen) atoms. The van der Waals surface area contributed by atoms with Gasteiger partial charge in [0.1, 0.15) is 12.4 Å². The van der Waals surface area contributed by atoms with Crippen LogP contribution in [0.4, 0.5) is 10.1 Å². The van der Waals surface area contributed by atoms with Gasteiger partial charge in [0.15, 0.2) is 11.5 Å². The van der Waals surface area contributed by atoms with Gasteiger partial charge in [0.2, 0.25) is 0 Å². The molecule has 0 unspecified atom stereocenters. The van der Waals surface area contributed by atoms with E-state index in [1.54, 1.807) is 6.07 Å². The molecule has 0 spiro atoms. The minimum Gasteiger partial charge on any atom is -0.490 e. The number of benzene rings is 3. The Hall–Kier alpha value is -1.99. The SMILES string of the molecule is CCOc1cc(CNc2ccc(C)c(Cl)c2)cc(I)c1OCc1cccc(F)c1. The van der Waals surface area contributed by atoms with Gasteiger partial charge in [-0.3, -0.25) is 0 Å². The molecular formula is C23H22ClFINO2. The van der Waals surface area contributed by atoms with Gasteiger partial charge in [-0.15, -0.1) is 0 Å². The number of rotatable bonds is 8. The first kappa shape index (κ1) is 21.7. The third kappa shape index (κ3) is 6.00. The summed E-state index contributed by atoms with van der Waals surface area (Å²) >= 11 is 8.44. The minimum absolute atomic E-state index is 0.271. The van der Waals surface area contributed by atoms with E-state index in [9.17, 15) is 4.39 Å². The molecule has 0 radical (unpaired) electrons. The molecule has 0 amide bonds. The van der Waals surface area contributed by atoms with Crippen LogP contribution in [0.5, 0.6) is 11.5 Å². The number of hydrogen-bond donors (Lipinski definition) is 1. The Kier molecular flexibility index (Phi) is 7.61. The maximum absolute atomic E-state index is 13.4. The Morgan fingerprint density at radius 2 is 1.86 bits per heavy atom. The molecule has 152 valence electrons. The van der Waals surface area contributed by atoms with Gasteiger partial charge < -0.3 is 14.8 Å². The van der Waals surface area contributed by atoms with Gasteiger partial charge in [-0.2, -0.15) is 0 Å². The largest absolute Gasteiger partial charge is 0.490 e. The summed E-state index contributed by atoms with van der Waals surface area (Å²) in [4.78, 5) is 0. The first-order valence-electron chi connectivity index (χ1n) is 9.28. The molecule has 0 fully saturated rings. The van der Waals surface area contributed by atoms with Crippen LogP contribution in [0.3, 0.4) is 0 Å². The summed E-state index contributed by atoms with van der Waals surface area (Å²) in [6.07, 6.45) is 0. The zero-order valence-corrected chi connectivity index (χ0v) is 19.2. The molecule has 0 saturated carbocycles. The first-order chi connectivity index (χ1) is 14.0. The van der Waals surface area contributed by atoms with Crippen LogP contribution in [0.15, 0.2) is 54.6 Å². The molecule has 3 nitrogen and oxygen atoms in total. The van der Waals surface area contributed by atoms with E-state index in [0.717, 1.165) is 31.0 Å². The number of ether oxygens (including phenoxy) is 2. The van der Waals surface area contributed by atoms with Gasteiger partial charge in [0.25, 0.3) is 0 Å². The van der Waals surface area contributed by atoms with Crippen molar-refractivity contribution in [2.24, 2.45) is 0 Å². The third-order valence-corrected chi connectivity index (χ3v) is 5.52. The normalized spacial score (nSPS) is 10.7. The molecule has 0 heterocycles. The zero-order chi connectivity index (χ0) is 20.8. The lowest BCUT2D eigenvalue weighted by Gasteiger charge is -2.16. The molecule has 0 aromatic heterocycles. The average Bonchev–Trinajstić information content (AvgIpc) is 2.68. The van der Waals surface area contributed by atoms with E-state index in [2.05, 4.69) is 27.9 Å². The average molecular weight is 526 g/mol. The highest BCUT2D eigenvalue weighted by molar-refractivity contribution is 14.1. The fourth-order valence-electron chi connectivity index (χ4n) is 2.82. The highest BCUT2D eigenvalue weighted by Crippen LogP contribution is 2.35. The maximum Gasteiger partial charge on any atom is 0.174 e. The van der Waals surface area contributed by atoms with Crippen LogP contribution in [-0.4, -0.2) is 6.61 Å². The lowest BCUT2D eigenvalue weighted by molar-refractivity contribution is 0.267. The van der Waals surface area contributed by atoms with Crippen molar-refractivity contribution in [2.75, 3.05) is 11.9 Å². The van der Waals surface area contributed by atoms with Crippen LogP contribution in [0.1, 0.15) is 23.6 Å². The standard InChI is InChI=1S/C23H22ClFINO2/c1-3-28-22-11-17(13-27-19-8-7-15(2)20(24)12-19)10-21(26)23(22)29-14-16-5-4-6-18(25)9-16/h4-12,27H,3,13-14H2,1-2H3. The van der Waals surface area contributed by atoms with Gasteiger partial charge >= 0.3 is 0 Å². The molecule has 3 aromatic rings. The van der Waals surface area contributed by atoms with Gasteiger partial charge in [0, 0.05) is 17.3 Å². The van der Waals surface area contributed by atoms with Crippen molar-refractivity contribution >= 4 is 39.9 Å². The van der Waals surface area contributed by atoms with E-state index in [0.29, 0.717) is 24.7 Å². The third-order valence-electron chi connectivity index (χ3n) is 4.31. The van der Waals surface area contributed by atoms with Crippen LogP contribution in [0, 0.1) is 16.3 Å². The summed E-state index contributed by atoms with van der Waals surface area (Å²) in [7, 11) is 0. The van der Waals surface area contributed by atoms with Crippen molar-refractivity contribution in [3.05, 3.63) is 85.7 Å². The molecule has 0 aliphatic rings. The van der Waals surface area contributed by atoms with Crippen molar-refractivity contribution in [2.45, 2.75) is 27.0 Å². The van der Waals surface area contributed by atoms with E-state index in [-0.39, 0.29) is 12.4 Å². The summed E-state index contributed by atoms with van der Waals surface area (Å²) in [6.45, 7) is 5.33. The van der Waals surface area contributed by atoms with Crippen molar-refractivity contribution in [3.8, 4) is 11.5 Å². The summed E-state index contributed by atoms with van der Waals surface area (Å²) in [5, 5.41) is 4.12. The van der Waals surface area contributed by atoms with E-state index < -0.39 is 0 Å². The number of aryl methyl sites for hydroxylation is 1. The molecule has 0 aliphatic heterocycles. The summed E-state index contributed by atoms with van der Waals surface area (Å²) in [6, 6.07) is 16.3. The predicted molar refractivity (Wildman–Crippen MR) is 125 cm³/mol. The van der Waals surface area contributed by atoms with Gasteiger partial charge in [-0.1, -0.05) is 29.8 Å². The molecular weight excluding hydrogens is 504 g/mol. The Labute approximate surface area is 189 Å². The number of halogens is 3. The first-order valence-corrected chi connectivity index (χ1v) is 10.7.